The van der Waals surface area contributed by atoms with E-state index in [1.807, 2.05) is 12.1 Å². The van der Waals surface area contributed by atoms with Crippen molar-refractivity contribution in [3.8, 4) is 5.75 Å². The third-order valence-corrected chi connectivity index (χ3v) is 4.05. The van der Waals surface area contributed by atoms with Crippen molar-refractivity contribution in [1.29, 1.82) is 0 Å². The highest BCUT2D eigenvalue weighted by atomic mass is 16.5. The highest BCUT2D eigenvalue weighted by molar-refractivity contribution is 5.29. The summed E-state index contributed by atoms with van der Waals surface area (Å²) in [6.07, 6.45) is 5.43. The highest BCUT2D eigenvalue weighted by Gasteiger charge is 2.16. The Hall–Kier alpha value is -1.06. The lowest BCUT2D eigenvalue weighted by atomic mass is 9.98. The summed E-state index contributed by atoms with van der Waals surface area (Å²) in [5.41, 5.74) is 7.30. The van der Waals surface area contributed by atoms with Crippen molar-refractivity contribution < 1.29 is 4.74 Å². The first-order valence-electron chi connectivity index (χ1n) is 7.40. The van der Waals surface area contributed by atoms with Gasteiger partial charge < -0.3 is 15.4 Å². The van der Waals surface area contributed by atoms with Gasteiger partial charge in [-0.05, 0) is 43.6 Å². The maximum absolute atomic E-state index is 5.97. The summed E-state index contributed by atoms with van der Waals surface area (Å²) in [6, 6.07) is 8.35. The molecule has 0 spiro atoms. The second-order valence-electron chi connectivity index (χ2n) is 5.42. The molecule has 19 heavy (non-hydrogen) atoms. The molecular weight excluding hydrogens is 236 g/mol. The van der Waals surface area contributed by atoms with E-state index < -0.39 is 0 Å². The van der Waals surface area contributed by atoms with Gasteiger partial charge in [-0.2, -0.15) is 0 Å². The minimum Gasteiger partial charge on any atom is -0.497 e. The van der Waals surface area contributed by atoms with Crippen LogP contribution in [0, 0.1) is 0 Å². The number of hydrogen-bond acceptors (Lipinski definition) is 3. The van der Waals surface area contributed by atoms with Crippen molar-refractivity contribution in [3.63, 3.8) is 0 Å². The SMILES string of the molecule is COc1ccc(C(CN)CN2CCCCCC2)cc1. The summed E-state index contributed by atoms with van der Waals surface area (Å²) >= 11 is 0. The van der Waals surface area contributed by atoms with E-state index in [2.05, 4.69) is 17.0 Å². The third kappa shape index (κ3) is 4.22. The van der Waals surface area contributed by atoms with Crippen LogP contribution in [0.15, 0.2) is 24.3 Å². The van der Waals surface area contributed by atoms with Crippen molar-refractivity contribution in [2.75, 3.05) is 33.3 Å². The number of nitrogens with two attached hydrogens (primary N) is 1. The Balaban J connectivity index is 1.97. The van der Waals surface area contributed by atoms with Crippen LogP contribution < -0.4 is 10.5 Å². The topological polar surface area (TPSA) is 38.5 Å². The molecule has 0 aromatic heterocycles. The second-order valence-corrected chi connectivity index (χ2v) is 5.42. The quantitative estimate of drug-likeness (QED) is 0.886. The van der Waals surface area contributed by atoms with E-state index in [4.69, 9.17) is 10.5 Å². The van der Waals surface area contributed by atoms with Gasteiger partial charge in [0.05, 0.1) is 7.11 Å². The van der Waals surface area contributed by atoms with Gasteiger partial charge in [0.1, 0.15) is 5.75 Å². The van der Waals surface area contributed by atoms with Crippen molar-refractivity contribution >= 4 is 0 Å². The van der Waals surface area contributed by atoms with Crippen LogP contribution in [0.2, 0.25) is 0 Å². The Morgan fingerprint density at radius 2 is 1.74 bits per heavy atom. The van der Waals surface area contributed by atoms with Gasteiger partial charge in [0.2, 0.25) is 0 Å². The molecule has 0 saturated carbocycles. The van der Waals surface area contributed by atoms with Crippen LogP contribution in [0.1, 0.15) is 37.2 Å². The van der Waals surface area contributed by atoms with Crippen molar-refractivity contribution in [1.82, 2.24) is 4.90 Å². The van der Waals surface area contributed by atoms with E-state index in [0.29, 0.717) is 12.5 Å². The van der Waals surface area contributed by atoms with E-state index in [1.165, 1.54) is 44.3 Å². The molecule has 1 aromatic rings. The molecule has 0 bridgehead atoms. The van der Waals surface area contributed by atoms with Gasteiger partial charge in [-0.15, -0.1) is 0 Å². The molecule has 1 aromatic carbocycles. The van der Waals surface area contributed by atoms with Crippen LogP contribution in [0.5, 0.6) is 5.75 Å². The zero-order chi connectivity index (χ0) is 13.5. The third-order valence-electron chi connectivity index (χ3n) is 4.05. The number of methoxy groups -OCH3 is 1. The van der Waals surface area contributed by atoms with E-state index >= 15 is 0 Å². The fourth-order valence-corrected chi connectivity index (χ4v) is 2.82. The van der Waals surface area contributed by atoms with Gasteiger partial charge >= 0.3 is 0 Å². The normalized spacial score (nSPS) is 18.8. The molecule has 1 unspecified atom stereocenters. The lowest BCUT2D eigenvalue weighted by Crippen LogP contribution is -2.32. The van der Waals surface area contributed by atoms with Crippen molar-refractivity contribution in [2.45, 2.75) is 31.6 Å². The van der Waals surface area contributed by atoms with Crippen LogP contribution in [0.25, 0.3) is 0 Å². The van der Waals surface area contributed by atoms with Gasteiger partial charge in [0, 0.05) is 19.0 Å². The predicted octanol–water partition coefficient (Wildman–Crippen LogP) is 2.61. The molecule has 1 atom stereocenters. The van der Waals surface area contributed by atoms with E-state index in [9.17, 15) is 0 Å². The molecule has 0 amide bonds. The first-order valence-corrected chi connectivity index (χ1v) is 7.40. The first kappa shape index (κ1) is 14.4. The van der Waals surface area contributed by atoms with Gasteiger partial charge in [-0.25, -0.2) is 0 Å². The van der Waals surface area contributed by atoms with Gasteiger partial charge in [-0.3, -0.25) is 0 Å². The Kier molecular flexibility index (Phi) is 5.67. The molecule has 1 heterocycles. The zero-order valence-corrected chi connectivity index (χ0v) is 12.0. The molecule has 2 N–H and O–H groups in total. The van der Waals surface area contributed by atoms with Crippen LogP contribution in [0.4, 0.5) is 0 Å². The minimum absolute atomic E-state index is 0.434. The summed E-state index contributed by atoms with van der Waals surface area (Å²) in [6.45, 7) is 4.25. The summed E-state index contributed by atoms with van der Waals surface area (Å²) in [5.74, 6) is 1.35. The van der Waals surface area contributed by atoms with Crippen LogP contribution in [-0.4, -0.2) is 38.2 Å². The molecule has 1 aliphatic heterocycles. The Morgan fingerprint density at radius 3 is 2.26 bits per heavy atom. The van der Waals surface area contributed by atoms with Crippen LogP contribution in [-0.2, 0) is 0 Å². The molecule has 106 valence electrons. The maximum Gasteiger partial charge on any atom is 0.118 e. The number of hydrogen-bond donors (Lipinski definition) is 1. The smallest absolute Gasteiger partial charge is 0.118 e. The summed E-state index contributed by atoms with van der Waals surface area (Å²) in [5, 5.41) is 0. The second kappa shape index (κ2) is 7.51. The number of ether oxygens (including phenoxy) is 1. The zero-order valence-electron chi connectivity index (χ0n) is 12.0. The van der Waals surface area contributed by atoms with E-state index in [-0.39, 0.29) is 0 Å². The molecule has 1 fully saturated rings. The molecule has 0 aliphatic carbocycles. The predicted molar refractivity (Wildman–Crippen MR) is 79.7 cm³/mol. The molecular formula is C16H26N2O. The molecule has 1 saturated heterocycles. The highest BCUT2D eigenvalue weighted by Crippen LogP contribution is 2.21. The lowest BCUT2D eigenvalue weighted by Gasteiger charge is -2.25. The lowest BCUT2D eigenvalue weighted by molar-refractivity contribution is 0.267. The van der Waals surface area contributed by atoms with E-state index in [1.54, 1.807) is 7.11 Å². The standard InChI is InChI=1S/C16H26N2O/c1-19-16-8-6-14(7-9-16)15(12-17)13-18-10-4-2-3-5-11-18/h6-9,15H,2-5,10-13,17H2,1H3. The maximum atomic E-state index is 5.97. The Bertz CT molecular complexity index is 356. The molecule has 3 heteroatoms. The summed E-state index contributed by atoms with van der Waals surface area (Å²) in [4.78, 5) is 2.58. The Labute approximate surface area is 116 Å². The number of nitrogens with zero attached hydrogens (tertiary/aromatic N) is 1. The first-order chi connectivity index (χ1) is 9.33. The molecule has 3 nitrogen and oxygen atoms in total. The molecule has 0 radical (unpaired) electrons. The summed E-state index contributed by atoms with van der Waals surface area (Å²) in [7, 11) is 1.70. The van der Waals surface area contributed by atoms with Gasteiger partial charge in [0.25, 0.3) is 0 Å². The van der Waals surface area contributed by atoms with Crippen LogP contribution in [0.3, 0.4) is 0 Å². The van der Waals surface area contributed by atoms with Crippen molar-refractivity contribution in [3.05, 3.63) is 29.8 Å². The van der Waals surface area contributed by atoms with Gasteiger partial charge in [-0.1, -0.05) is 25.0 Å². The average Bonchev–Trinajstić information content (AvgIpc) is 2.73. The number of rotatable bonds is 5. The molecule has 1 aliphatic rings. The van der Waals surface area contributed by atoms with Crippen LogP contribution >= 0.6 is 0 Å². The molecule has 2 rings (SSSR count). The van der Waals surface area contributed by atoms with E-state index in [0.717, 1.165) is 12.3 Å². The minimum atomic E-state index is 0.434. The fraction of sp³-hybridized carbons (Fsp3) is 0.625. The fourth-order valence-electron chi connectivity index (χ4n) is 2.82. The number of benzene rings is 1. The summed E-state index contributed by atoms with van der Waals surface area (Å²) < 4.78 is 5.21. The Morgan fingerprint density at radius 1 is 1.11 bits per heavy atom. The average molecular weight is 262 g/mol. The monoisotopic (exact) mass is 262 g/mol. The number of likely N-dealkylation sites (tertiary alicyclic amines) is 1. The largest absolute Gasteiger partial charge is 0.497 e. The van der Waals surface area contributed by atoms with Crippen molar-refractivity contribution in [2.24, 2.45) is 5.73 Å². The van der Waals surface area contributed by atoms with Gasteiger partial charge in [0.15, 0.2) is 0 Å².